The zero-order valence-corrected chi connectivity index (χ0v) is 17.5. The Morgan fingerprint density at radius 2 is 1.96 bits per heavy atom. The molecule has 3 rings (SSSR count). The maximum atomic E-state index is 12.4. The number of hydrogen-bond acceptors (Lipinski definition) is 5. The minimum atomic E-state index is -0.403. The molecule has 6 nitrogen and oxygen atoms in total. The molecular weight excluding hydrogens is 424 g/mol. The van der Waals surface area contributed by atoms with Crippen molar-refractivity contribution in [3.8, 4) is 11.5 Å². The van der Waals surface area contributed by atoms with Crippen LogP contribution in [0.3, 0.4) is 0 Å². The molecule has 1 N–H and O–H groups in total. The Hall–Kier alpha value is -2.80. The van der Waals surface area contributed by atoms with Crippen LogP contribution in [0.5, 0.6) is 11.5 Å². The number of fused-ring (bicyclic) bond motifs is 1. The van der Waals surface area contributed by atoms with Gasteiger partial charge in [0.25, 0.3) is 0 Å². The third-order valence-corrected chi connectivity index (χ3v) is 4.64. The van der Waals surface area contributed by atoms with Gasteiger partial charge in [-0.15, -0.1) is 0 Å². The van der Waals surface area contributed by atoms with Gasteiger partial charge >= 0.3 is 5.91 Å². The van der Waals surface area contributed by atoms with Crippen molar-refractivity contribution in [2.45, 2.75) is 20.8 Å². The molecule has 7 heteroatoms. The average molecular weight is 445 g/mol. The Labute approximate surface area is 171 Å². The summed E-state index contributed by atoms with van der Waals surface area (Å²) in [5, 5.41) is 4.96. The predicted octanol–water partition coefficient (Wildman–Crippen LogP) is 5.07. The van der Waals surface area contributed by atoms with E-state index in [-0.39, 0.29) is 5.76 Å². The summed E-state index contributed by atoms with van der Waals surface area (Å²) in [5.41, 5.74) is 4.71. The lowest BCUT2D eigenvalue weighted by molar-refractivity contribution is 0.0929. The Morgan fingerprint density at radius 1 is 1.21 bits per heavy atom. The van der Waals surface area contributed by atoms with E-state index in [1.54, 1.807) is 12.3 Å². The Balaban J connectivity index is 1.78. The summed E-state index contributed by atoms with van der Waals surface area (Å²) >= 11 is 3.49. The number of benzene rings is 2. The summed E-state index contributed by atoms with van der Waals surface area (Å²) in [6.07, 6.45) is 1.54. The van der Waals surface area contributed by atoms with Crippen LogP contribution in [0, 0.1) is 6.92 Å². The molecule has 0 aliphatic carbocycles. The normalized spacial score (nSPS) is 11.1. The minimum absolute atomic E-state index is 0.251. The van der Waals surface area contributed by atoms with Gasteiger partial charge in [0.05, 0.1) is 23.9 Å². The molecule has 0 aliphatic heterocycles. The number of nitrogens with zero attached hydrogens (tertiary/aromatic N) is 1. The molecule has 0 saturated carbocycles. The number of halogens is 1. The van der Waals surface area contributed by atoms with Crippen LogP contribution in [0.25, 0.3) is 11.0 Å². The topological polar surface area (TPSA) is 73.1 Å². The van der Waals surface area contributed by atoms with Crippen molar-refractivity contribution in [3.05, 3.63) is 57.8 Å². The van der Waals surface area contributed by atoms with E-state index >= 15 is 0 Å². The lowest BCUT2D eigenvalue weighted by atomic mass is 10.1. The number of para-hydroxylation sites is 1. The predicted molar refractivity (Wildman–Crippen MR) is 112 cm³/mol. The molecule has 1 heterocycles. The smallest absolute Gasteiger partial charge is 0.307 e. The molecular formula is C21H21BrN2O4. The van der Waals surface area contributed by atoms with Crippen LogP contribution >= 0.6 is 15.9 Å². The number of nitrogens with one attached hydrogen (secondary N) is 1. The third-order valence-electron chi connectivity index (χ3n) is 4.05. The Kier molecular flexibility index (Phi) is 6.36. The van der Waals surface area contributed by atoms with Gasteiger partial charge in [0, 0.05) is 10.9 Å². The van der Waals surface area contributed by atoms with Gasteiger partial charge in [-0.05, 0) is 60.5 Å². The van der Waals surface area contributed by atoms with Crippen LogP contribution in [0.2, 0.25) is 0 Å². The molecule has 0 radical (unpaired) electrons. The number of ether oxygens (including phenoxy) is 2. The molecule has 0 atom stereocenters. The fraction of sp³-hybridized carbons (Fsp3) is 0.238. The average Bonchev–Trinajstić information content (AvgIpc) is 3.02. The van der Waals surface area contributed by atoms with E-state index < -0.39 is 5.91 Å². The highest BCUT2D eigenvalue weighted by atomic mass is 79.9. The molecule has 0 fully saturated rings. The van der Waals surface area contributed by atoms with Gasteiger partial charge in [0.15, 0.2) is 17.3 Å². The highest BCUT2D eigenvalue weighted by molar-refractivity contribution is 9.10. The van der Waals surface area contributed by atoms with Crippen LogP contribution in [-0.4, -0.2) is 25.3 Å². The molecule has 0 bridgehead atoms. The van der Waals surface area contributed by atoms with Gasteiger partial charge in [-0.25, -0.2) is 5.43 Å². The largest absolute Gasteiger partial charge is 0.490 e. The van der Waals surface area contributed by atoms with E-state index in [1.807, 2.05) is 51.1 Å². The number of carbonyl (C=O) groups excluding carboxylic acids is 1. The number of rotatable bonds is 7. The second-order valence-electron chi connectivity index (χ2n) is 5.95. The van der Waals surface area contributed by atoms with Crippen molar-refractivity contribution in [1.29, 1.82) is 0 Å². The van der Waals surface area contributed by atoms with Gasteiger partial charge in [-0.2, -0.15) is 5.10 Å². The molecule has 0 saturated heterocycles. The Bertz CT molecular complexity index is 1030. The lowest BCUT2D eigenvalue weighted by Crippen LogP contribution is -2.17. The van der Waals surface area contributed by atoms with Crippen molar-refractivity contribution in [2.75, 3.05) is 13.2 Å². The van der Waals surface area contributed by atoms with E-state index in [0.717, 1.165) is 21.0 Å². The zero-order valence-electron chi connectivity index (χ0n) is 15.9. The summed E-state index contributed by atoms with van der Waals surface area (Å²) in [4.78, 5) is 12.4. The second kappa shape index (κ2) is 8.93. The van der Waals surface area contributed by atoms with Crippen LogP contribution < -0.4 is 14.9 Å². The fourth-order valence-corrected chi connectivity index (χ4v) is 3.39. The third kappa shape index (κ3) is 4.20. The molecule has 1 amide bonds. The van der Waals surface area contributed by atoms with Gasteiger partial charge < -0.3 is 13.9 Å². The molecule has 1 aromatic heterocycles. The van der Waals surface area contributed by atoms with Gasteiger partial charge in [0.1, 0.15) is 5.58 Å². The summed E-state index contributed by atoms with van der Waals surface area (Å²) in [6, 6.07) is 11.2. The van der Waals surface area contributed by atoms with Crippen LogP contribution in [-0.2, 0) is 0 Å². The maximum absolute atomic E-state index is 12.4. The maximum Gasteiger partial charge on any atom is 0.307 e. The van der Waals surface area contributed by atoms with Crippen LogP contribution in [0.4, 0.5) is 0 Å². The highest BCUT2D eigenvalue weighted by Crippen LogP contribution is 2.36. The Morgan fingerprint density at radius 3 is 2.68 bits per heavy atom. The molecule has 0 aliphatic rings. The number of furan rings is 1. The van der Waals surface area contributed by atoms with E-state index in [2.05, 4.69) is 26.5 Å². The van der Waals surface area contributed by atoms with Crippen molar-refractivity contribution < 1.29 is 18.7 Å². The van der Waals surface area contributed by atoms with Crippen LogP contribution in [0.1, 0.15) is 35.5 Å². The molecule has 146 valence electrons. The first-order chi connectivity index (χ1) is 13.5. The number of carbonyl (C=O) groups is 1. The van der Waals surface area contributed by atoms with Gasteiger partial charge in [-0.1, -0.05) is 18.2 Å². The standard InChI is InChI=1S/C21H21BrN2O4/c1-4-26-18-11-14(10-16(22)20(18)27-5-2)12-23-24-21(25)19-13(3)15-8-6-7-9-17(15)28-19/h6-12H,4-5H2,1-3H3,(H,24,25)/b23-12-. The quantitative estimate of drug-likeness (QED) is 0.407. The van der Waals surface area contributed by atoms with Crippen molar-refractivity contribution >= 4 is 39.0 Å². The monoisotopic (exact) mass is 444 g/mol. The molecule has 0 spiro atoms. The number of amides is 1. The first-order valence-electron chi connectivity index (χ1n) is 8.95. The first-order valence-corrected chi connectivity index (χ1v) is 9.75. The molecule has 3 aromatic rings. The number of aryl methyl sites for hydroxylation is 1. The van der Waals surface area contributed by atoms with Crippen LogP contribution in [0.15, 0.2) is 50.4 Å². The van der Waals surface area contributed by atoms with Crippen molar-refractivity contribution in [1.82, 2.24) is 5.43 Å². The minimum Gasteiger partial charge on any atom is -0.490 e. The van der Waals surface area contributed by atoms with E-state index in [4.69, 9.17) is 13.9 Å². The second-order valence-corrected chi connectivity index (χ2v) is 6.80. The first kappa shape index (κ1) is 19.9. The van der Waals surface area contributed by atoms with Gasteiger partial charge in [-0.3, -0.25) is 4.79 Å². The molecule has 28 heavy (non-hydrogen) atoms. The van der Waals surface area contributed by atoms with E-state index in [1.165, 1.54) is 0 Å². The molecule has 0 unspecified atom stereocenters. The fourth-order valence-electron chi connectivity index (χ4n) is 2.82. The SMILES string of the molecule is CCOc1cc(/C=N\NC(=O)c2oc3ccccc3c2C)cc(Br)c1OCC. The summed E-state index contributed by atoms with van der Waals surface area (Å²) in [7, 11) is 0. The highest BCUT2D eigenvalue weighted by Gasteiger charge is 2.17. The zero-order chi connectivity index (χ0) is 20.1. The van der Waals surface area contributed by atoms with Gasteiger partial charge in [0.2, 0.25) is 0 Å². The lowest BCUT2D eigenvalue weighted by Gasteiger charge is -2.13. The van der Waals surface area contributed by atoms with Crippen molar-refractivity contribution in [3.63, 3.8) is 0 Å². The summed E-state index contributed by atoms with van der Waals surface area (Å²) in [6.45, 7) is 6.70. The number of hydrogen-bond donors (Lipinski definition) is 1. The van der Waals surface area contributed by atoms with E-state index in [0.29, 0.717) is 30.3 Å². The molecule has 2 aromatic carbocycles. The van der Waals surface area contributed by atoms with E-state index in [9.17, 15) is 4.79 Å². The summed E-state index contributed by atoms with van der Waals surface area (Å²) in [5.74, 6) is 1.10. The summed E-state index contributed by atoms with van der Waals surface area (Å²) < 4.78 is 17.7. The van der Waals surface area contributed by atoms with Crippen molar-refractivity contribution in [2.24, 2.45) is 5.10 Å². The number of hydrazone groups is 1.